The van der Waals surface area contributed by atoms with Crippen molar-refractivity contribution in [2.24, 2.45) is 5.92 Å². The lowest BCUT2D eigenvalue weighted by atomic mass is 9.92. The first kappa shape index (κ1) is 25.8. The molecule has 8 heteroatoms. The third kappa shape index (κ3) is 7.89. The summed E-state index contributed by atoms with van der Waals surface area (Å²) < 4.78 is 15.8. The van der Waals surface area contributed by atoms with Crippen molar-refractivity contribution in [2.75, 3.05) is 7.11 Å². The first-order chi connectivity index (χ1) is 15.7. The molecule has 0 saturated carbocycles. The van der Waals surface area contributed by atoms with Crippen molar-refractivity contribution >= 4 is 17.8 Å². The summed E-state index contributed by atoms with van der Waals surface area (Å²) in [5, 5.41) is 2.55. The summed E-state index contributed by atoms with van der Waals surface area (Å²) >= 11 is 0. The molecule has 33 heavy (non-hydrogen) atoms. The van der Waals surface area contributed by atoms with E-state index in [1.165, 1.54) is 38.8 Å². The number of nitrogens with zero attached hydrogens (tertiary/aromatic N) is 1. The monoisotopic (exact) mass is 456 g/mol. The molecular weight excluding hydrogens is 424 g/mol. The lowest BCUT2D eigenvalue weighted by Crippen LogP contribution is -2.41. The third-order valence-electron chi connectivity index (χ3n) is 5.18. The largest absolute Gasteiger partial charge is 0.493 e. The highest BCUT2D eigenvalue weighted by atomic mass is 16.6. The van der Waals surface area contributed by atoms with Gasteiger partial charge in [0.2, 0.25) is 5.75 Å². The van der Waals surface area contributed by atoms with Crippen molar-refractivity contribution in [1.29, 1.82) is 0 Å². The summed E-state index contributed by atoms with van der Waals surface area (Å²) in [4.78, 5) is 40.7. The molecule has 2 rings (SSSR count). The van der Waals surface area contributed by atoms with Gasteiger partial charge in [-0.15, -0.1) is 0 Å². The van der Waals surface area contributed by atoms with Crippen molar-refractivity contribution < 1.29 is 28.6 Å². The number of carbonyl (C=O) groups is 3. The van der Waals surface area contributed by atoms with Crippen LogP contribution in [0.1, 0.15) is 56.6 Å². The molecule has 8 nitrogen and oxygen atoms in total. The Morgan fingerprint density at radius 1 is 1.09 bits per heavy atom. The average Bonchev–Trinajstić information content (AvgIpc) is 2.78. The Morgan fingerprint density at radius 2 is 1.79 bits per heavy atom. The number of methoxy groups -OCH3 is 1. The second-order valence-corrected chi connectivity index (χ2v) is 7.93. The van der Waals surface area contributed by atoms with E-state index in [9.17, 15) is 14.4 Å². The fourth-order valence-corrected chi connectivity index (χ4v) is 3.48. The molecule has 0 unspecified atom stereocenters. The quantitative estimate of drug-likeness (QED) is 0.514. The number of esters is 2. The second kappa shape index (κ2) is 12.6. The average molecular weight is 457 g/mol. The predicted octanol–water partition coefficient (Wildman–Crippen LogP) is 3.72. The van der Waals surface area contributed by atoms with E-state index in [1.807, 2.05) is 25.1 Å². The Balaban J connectivity index is 1.97. The van der Waals surface area contributed by atoms with Crippen LogP contribution in [-0.2, 0) is 20.7 Å². The summed E-state index contributed by atoms with van der Waals surface area (Å²) in [6.07, 6.45) is 3.63. The minimum absolute atomic E-state index is 0.106. The lowest BCUT2D eigenvalue weighted by Gasteiger charge is -2.22. The topological polar surface area (TPSA) is 104 Å². The van der Waals surface area contributed by atoms with Crippen LogP contribution in [0.5, 0.6) is 11.5 Å². The lowest BCUT2D eigenvalue weighted by molar-refractivity contribution is -0.150. The molecule has 0 aliphatic rings. The van der Waals surface area contributed by atoms with E-state index in [0.29, 0.717) is 12.3 Å². The summed E-state index contributed by atoms with van der Waals surface area (Å²) in [6, 6.07) is 10.7. The van der Waals surface area contributed by atoms with Crippen molar-refractivity contribution in [2.45, 2.75) is 59.1 Å². The Bertz CT molecular complexity index is 947. The van der Waals surface area contributed by atoms with E-state index in [-0.39, 0.29) is 23.3 Å². The maximum Gasteiger partial charge on any atom is 0.328 e. The standard InChI is InChI=1S/C25H32N2O6/c1-6-19(15-20-10-8-7-9-11-20)14-16(2)32-25(30)17(3)27-24(29)22-23(33-18(4)28)21(31-5)12-13-26-22/h7-13,16-17,19H,6,14-15H2,1-5H3,(H,27,29)/t16-,17-,19-/m0/s1. The first-order valence-corrected chi connectivity index (χ1v) is 11.0. The van der Waals surface area contributed by atoms with E-state index >= 15 is 0 Å². The molecule has 1 amide bonds. The van der Waals surface area contributed by atoms with Gasteiger partial charge in [-0.05, 0) is 38.2 Å². The van der Waals surface area contributed by atoms with Crippen LogP contribution in [-0.4, -0.2) is 42.1 Å². The van der Waals surface area contributed by atoms with E-state index in [2.05, 4.69) is 29.4 Å². The van der Waals surface area contributed by atoms with Gasteiger partial charge in [-0.1, -0.05) is 43.7 Å². The number of amides is 1. The number of benzene rings is 1. The summed E-state index contributed by atoms with van der Waals surface area (Å²) in [5.41, 5.74) is 1.09. The fourth-order valence-electron chi connectivity index (χ4n) is 3.48. The van der Waals surface area contributed by atoms with Crippen molar-refractivity contribution in [3.8, 4) is 11.5 Å². The zero-order valence-electron chi connectivity index (χ0n) is 19.8. The first-order valence-electron chi connectivity index (χ1n) is 11.0. The Labute approximate surface area is 194 Å². The van der Waals surface area contributed by atoms with E-state index in [0.717, 1.165) is 12.8 Å². The van der Waals surface area contributed by atoms with Crippen molar-refractivity contribution in [1.82, 2.24) is 10.3 Å². The number of nitrogens with one attached hydrogen (secondary N) is 1. The molecule has 0 fully saturated rings. The van der Waals surface area contributed by atoms with Gasteiger partial charge in [0.15, 0.2) is 11.4 Å². The zero-order chi connectivity index (χ0) is 24.4. The van der Waals surface area contributed by atoms with Crippen LogP contribution < -0.4 is 14.8 Å². The molecule has 0 bridgehead atoms. The van der Waals surface area contributed by atoms with Gasteiger partial charge < -0.3 is 19.5 Å². The molecule has 2 aromatic rings. The maximum absolute atomic E-state index is 12.7. The predicted molar refractivity (Wildman–Crippen MR) is 123 cm³/mol. The van der Waals surface area contributed by atoms with Crippen LogP contribution in [0, 0.1) is 5.92 Å². The molecule has 1 aromatic heterocycles. The van der Waals surface area contributed by atoms with E-state index < -0.39 is 23.9 Å². The van der Waals surface area contributed by atoms with Crippen molar-refractivity contribution in [3.63, 3.8) is 0 Å². The molecule has 0 spiro atoms. The molecular formula is C25H32N2O6. The van der Waals surface area contributed by atoms with Gasteiger partial charge in [-0.25, -0.2) is 9.78 Å². The van der Waals surface area contributed by atoms with Crippen LogP contribution in [0.2, 0.25) is 0 Å². The molecule has 1 heterocycles. The van der Waals surface area contributed by atoms with Gasteiger partial charge in [0.05, 0.1) is 13.2 Å². The minimum atomic E-state index is -0.924. The highest BCUT2D eigenvalue weighted by Gasteiger charge is 2.26. The SMILES string of the molecule is CC[C@H](Cc1ccccc1)C[C@H](C)OC(=O)[C@H](C)NC(=O)c1nccc(OC)c1OC(C)=O. The van der Waals surface area contributed by atoms with Gasteiger partial charge in [0.25, 0.3) is 5.91 Å². The van der Waals surface area contributed by atoms with Gasteiger partial charge in [0.1, 0.15) is 6.04 Å². The molecule has 1 N–H and O–H groups in total. The summed E-state index contributed by atoms with van der Waals surface area (Å²) in [6.45, 7) is 6.70. The van der Waals surface area contributed by atoms with Gasteiger partial charge in [-0.3, -0.25) is 9.59 Å². The molecule has 1 aromatic carbocycles. The Morgan fingerprint density at radius 3 is 2.39 bits per heavy atom. The van der Waals surface area contributed by atoms with E-state index in [4.69, 9.17) is 14.2 Å². The van der Waals surface area contributed by atoms with Crippen LogP contribution >= 0.6 is 0 Å². The number of rotatable bonds is 11. The highest BCUT2D eigenvalue weighted by Crippen LogP contribution is 2.29. The third-order valence-corrected chi connectivity index (χ3v) is 5.18. The number of aromatic nitrogens is 1. The van der Waals surface area contributed by atoms with Crippen LogP contribution in [0.25, 0.3) is 0 Å². The molecule has 0 aliphatic heterocycles. The Kier molecular flexibility index (Phi) is 9.84. The van der Waals surface area contributed by atoms with Crippen LogP contribution in [0.3, 0.4) is 0 Å². The molecule has 178 valence electrons. The minimum Gasteiger partial charge on any atom is -0.493 e. The van der Waals surface area contributed by atoms with Gasteiger partial charge in [-0.2, -0.15) is 0 Å². The van der Waals surface area contributed by atoms with Crippen LogP contribution in [0.15, 0.2) is 42.6 Å². The number of hydrogen-bond donors (Lipinski definition) is 1. The summed E-state index contributed by atoms with van der Waals surface area (Å²) in [7, 11) is 1.38. The second-order valence-electron chi connectivity index (χ2n) is 7.93. The van der Waals surface area contributed by atoms with Crippen molar-refractivity contribution in [3.05, 3.63) is 53.9 Å². The van der Waals surface area contributed by atoms with Gasteiger partial charge in [0, 0.05) is 19.2 Å². The number of carbonyl (C=O) groups excluding carboxylic acids is 3. The zero-order valence-corrected chi connectivity index (χ0v) is 19.8. The fraction of sp³-hybridized carbons (Fsp3) is 0.440. The highest BCUT2D eigenvalue weighted by molar-refractivity contribution is 5.98. The van der Waals surface area contributed by atoms with E-state index in [1.54, 1.807) is 0 Å². The maximum atomic E-state index is 12.7. The smallest absolute Gasteiger partial charge is 0.328 e. The normalized spacial score (nSPS) is 13.4. The Hall–Kier alpha value is -3.42. The summed E-state index contributed by atoms with van der Waals surface area (Å²) in [5.74, 6) is -1.42. The number of hydrogen-bond acceptors (Lipinski definition) is 7. The molecule has 3 atom stereocenters. The number of ether oxygens (including phenoxy) is 3. The van der Waals surface area contributed by atoms with Gasteiger partial charge >= 0.3 is 11.9 Å². The van der Waals surface area contributed by atoms with Crippen LogP contribution in [0.4, 0.5) is 0 Å². The molecule has 0 radical (unpaired) electrons. The number of pyridine rings is 1. The molecule has 0 saturated heterocycles. The molecule has 0 aliphatic carbocycles.